The van der Waals surface area contributed by atoms with Gasteiger partial charge in [0.25, 0.3) is 5.91 Å². The number of methoxy groups -OCH3 is 1. The summed E-state index contributed by atoms with van der Waals surface area (Å²) in [6.07, 6.45) is 2.50. The number of ether oxygens (including phenoxy) is 1. The Labute approximate surface area is 115 Å². The van der Waals surface area contributed by atoms with Gasteiger partial charge in [-0.3, -0.25) is 9.59 Å². The Morgan fingerprint density at radius 1 is 1.50 bits per heavy atom. The number of pyridine rings is 1. The molecule has 0 saturated heterocycles. The molecular weight excluding hydrogens is 262 g/mol. The highest BCUT2D eigenvalue weighted by molar-refractivity contribution is 6.00. The predicted octanol–water partition coefficient (Wildman–Crippen LogP) is 0.554. The molecule has 0 bridgehead atoms. The molecule has 7 heteroatoms. The van der Waals surface area contributed by atoms with Crippen molar-refractivity contribution >= 4 is 17.4 Å². The fourth-order valence-electron chi connectivity index (χ4n) is 1.84. The van der Waals surface area contributed by atoms with Crippen LogP contribution >= 0.6 is 0 Å². The van der Waals surface area contributed by atoms with Crippen molar-refractivity contribution in [3.05, 3.63) is 36.2 Å². The molecule has 0 aliphatic rings. The molecule has 2 rings (SSSR count). The van der Waals surface area contributed by atoms with Gasteiger partial charge in [-0.05, 0) is 12.1 Å². The minimum Gasteiger partial charge on any atom is -0.481 e. The van der Waals surface area contributed by atoms with E-state index in [9.17, 15) is 9.59 Å². The first-order valence-corrected chi connectivity index (χ1v) is 6.07. The first kappa shape index (κ1) is 14.0. The van der Waals surface area contributed by atoms with Crippen LogP contribution < -0.4 is 5.32 Å². The number of fused-ring (bicyclic) bond motifs is 1. The smallest absolute Gasteiger partial charge is 0.306 e. The zero-order chi connectivity index (χ0) is 14.5. The van der Waals surface area contributed by atoms with Crippen LogP contribution in [0.4, 0.5) is 0 Å². The first-order chi connectivity index (χ1) is 9.61. The van der Waals surface area contributed by atoms with E-state index in [1.54, 1.807) is 16.8 Å². The molecule has 0 spiro atoms. The Morgan fingerprint density at radius 2 is 2.30 bits per heavy atom. The molecular formula is C13H15N3O4. The third-order valence-electron chi connectivity index (χ3n) is 2.90. The Kier molecular flexibility index (Phi) is 4.31. The van der Waals surface area contributed by atoms with Crippen molar-refractivity contribution in [1.29, 1.82) is 0 Å². The molecule has 0 aliphatic carbocycles. The highest BCUT2D eigenvalue weighted by Crippen LogP contribution is 2.09. The van der Waals surface area contributed by atoms with E-state index >= 15 is 0 Å². The molecule has 0 aliphatic heterocycles. The van der Waals surface area contributed by atoms with Crippen molar-refractivity contribution in [3.63, 3.8) is 0 Å². The summed E-state index contributed by atoms with van der Waals surface area (Å²) in [5.41, 5.74) is 1.13. The van der Waals surface area contributed by atoms with Crippen molar-refractivity contribution in [3.8, 4) is 0 Å². The number of carbonyl (C=O) groups excluding carboxylic acids is 1. The number of carboxylic acids is 1. The lowest BCUT2D eigenvalue weighted by atomic mass is 10.2. The van der Waals surface area contributed by atoms with Gasteiger partial charge >= 0.3 is 5.97 Å². The SMILES string of the molecule is COC(CNC(=O)c1cnn2ccccc12)CC(=O)O. The summed E-state index contributed by atoms with van der Waals surface area (Å²) in [6, 6.07) is 5.42. The van der Waals surface area contributed by atoms with E-state index in [-0.39, 0.29) is 18.9 Å². The molecule has 1 amide bonds. The summed E-state index contributed by atoms with van der Waals surface area (Å²) < 4.78 is 6.60. The first-order valence-electron chi connectivity index (χ1n) is 6.07. The van der Waals surface area contributed by atoms with Crippen LogP contribution in [0.2, 0.25) is 0 Å². The lowest BCUT2D eigenvalue weighted by molar-refractivity contribution is -0.139. The molecule has 1 atom stereocenters. The quantitative estimate of drug-likeness (QED) is 0.804. The van der Waals surface area contributed by atoms with Crippen molar-refractivity contribution in [2.24, 2.45) is 0 Å². The number of aliphatic carboxylic acids is 1. The molecule has 0 aromatic carbocycles. The maximum Gasteiger partial charge on any atom is 0.306 e. The van der Waals surface area contributed by atoms with Crippen LogP contribution in [0.3, 0.4) is 0 Å². The summed E-state index contributed by atoms with van der Waals surface area (Å²) in [7, 11) is 1.41. The van der Waals surface area contributed by atoms with Gasteiger partial charge in [-0.1, -0.05) is 6.07 Å². The van der Waals surface area contributed by atoms with E-state index in [1.807, 2.05) is 12.1 Å². The third-order valence-corrected chi connectivity index (χ3v) is 2.90. The van der Waals surface area contributed by atoms with Gasteiger partial charge in [-0.25, -0.2) is 4.52 Å². The summed E-state index contributed by atoms with van der Waals surface area (Å²) in [5.74, 6) is -1.28. The molecule has 2 heterocycles. The van der Waals surface area contributed by atoms with Crippen LogP contribution in [-0.2, 0) is 9.53 Å². The summed E-state index contributed by atoms with van der Waals surface area (Å²) in [4.78, 5) is 22.7. The van der Waals surface area contributed by atoms with Crippen LogP contribution in [-0.4, -0.2) is 46.4 Å². The summed E-state index contributed by atoms with van der Waals surface area (Å²) in [6.45, 7) is 0.131. The molecule has 7 nitrogen and oxygen atoms in total. The molecule has 106 valence electrons. The molecule has 0 saturated carbocycles. The van der Waals surface area contributed by atoms with Crippen LogP contribution in [0.15, 0.2) is 30.6 Å². The Morgan fingerprint density at radius 3 is 3.00 bits per heavy atom. The second-order valence-electron chi connectivity index (χ2n) is 4.25. The molecule has 20 heavy (non-hydrogen) atoms. The zero-order valence-electron chi connectivity index (χ0n) is 10.9. The standard InChI is InChI=1S/C13H15N3O4/c1-20-9(6-12(17)18)7-14-13(19)10-8-15-16-5-3-2-4-11(10)16/h2-5,8-9H,6-7H2,1H3,(H,14,19)(H,17,18). The van der Waals surface area contributed by atoms with E-state index in [1.165, 1.54) is 13.3 Å². The number of hydrogen-bond donors (Lipinski definition) is 2. The fraction of sp³-hybridized carbons (Fsp3) is 0.308. The summed E-state index contributed by atoms with van der Waals surface area (Å²) in [5, 5.41) is 15.4. The Bertz CT molecular complexity index is 623. The third kappa shape index (κ3) is 3.12. The van der Waals surface area contributed by atoms with Crippen LogP contribution in [0.1, 0.15) is 16.8 Å². The van der Waals surface area contributed by atoms with Crippen molar-refractivity contribution in [2.75, 3.05) is 13.7 Å². The van der Waals surface area contributed by atoms with Crippen molar-refractivity contribution < 1.29 is 19.4 Å². The number of nitrogens with zero attached hydrogens (tertiary/aromatic N) is 2. The molecule has 1 unspecified atom stereocenters. The number of rotatable bonds is 6. The molecule has 0 fully saturated rings. The summed E-state index contributed by atoms with van der Waals surface area (Å²) >= 11 is 0. The fourth-order valence-corrected chi connectivity index (χ4v) is 1.84. The topological polar surface area (TPSA) is 92.9 Å². The highest BCUT2D eigenvalue weighted by atomic mass is 16.5. The van der Waals surface area contributed by atoms with E-state index in [4.69, 9.17) is 9.84 Å². The van der Waals surface area contributed by atoms with Gasteiger partial charge in [0, 0.05) is 19.9 Å². The normalized spacial score (nSPS) is 12.2. The van der Waals surface area contributed by atoms with Crippen molar-refractivity contribution in [1.82, 2.24) is 14.9 Å². The second-order valence-corrected chi connectivity index (χ2v) is 4.25. The molecule has 2 N–H and O–H groups in total. The lowest BCUT2D eigenvalue weighted by Crippen LogP contribution is -2.34. The van der Waals surface area contributed by atoms with Crippen LogP contribution in [0, 0.1) is 0 Å². The van der Waals surface area contributed by atoms with Gasteiger partial charge in [-0.2, -0.15) is 5.10 Å². The average Bonchev–Trinajstić information content (AvgIpc) is 2.86. The number of hydrogen-bond acceptors (Lipinski definition) is 4. The number of carboxylic acid groups (broad SMARTS) is 1. The van der Waals surface area contributed by atoms with Crippen LogP contribution in [0.5, 0.6) is 0 Å². The average molecular weight is 277 g/mol. The van der Waals surface area contributed by atoms with E-state index in [0.717, 1.165) is 0 Å². The Balaban J connectivity index is 2.03. The highest BCUT2D eigenvalue weighted by Gasteiger charge is 2.16. The number of aromatic nitrogens is 2. The van der Waals surface area contributed by atoms with Gasteiger partial charge in [0.15, 0.2) is 0 Å². The monoisotopic (exact) mass is 277 g/mol. The zero-order valence-corrected chi connectivity index (χ0v) is 10.9. The second kappa shape index (κ2) is 6.16. The number of carbonyl (C=O) groups is 2. The van der Waals surface area contributed by atoms with Gasteiger partial charge in [0.05, 0.1) is 29.8 Å². The van der Waals surface area contributed by atoms with Crippen LogP contribution in [0.25, 0.3) is 5.52 Å². The van der Waals surface area contributed by atoms with E-state index in [2.05, 4.69) is 10.4 Å². The maximum absolute atomic E-state index is 12.1. The largest absolute Gasteiger partial charge is 0.481 e. The number of amides is 1. The van der Waals surface area contributed by atoms with Gasteiger partial charge in [0.2, 0.25) is 0 Å². The predicted molar refractivity (Wildman–Crippen MR) is 70.6 cm³/mol. The van der Waals surface area contributed by atoms with Gasteiger partial charge in [-0.15, -0.1) is 0 Å². The molecule has 2 aromatic rings. The lowest BCUT2D eigenvalue weighted by Gasteiger charge is -2.13. The van der Waals surface area contributed by atoms with E-state index in [0.29, 0.717) is 11.1 Å². The minimum absolute atomic E-state index is 0.131. The molecule has 0 radical (unpaired) electrons. The van der Waals surface area contributed by atoms with Crippen molar-refractivity contribution in [2.45, 2.75) is 12.5 Å². The minimum atomic E-state index is -0.970. The van der Waals surface area contributed by atoms with E-state index < -0.39 is 12.1 Å². The van der Waals surface area contributed by atoms with Gasteiger partial charge < -0.3 is 15.2 Å². The molecule has 2 aromatic heterocycles. The number of nitrogens with one attached hydrogen (secondary N) is 1. The maximum atomic E-state index is 12.1. The Hall–Kier alpha value is -2.41. The van der Waals surface area contributed by atoms with Gasteiger partial charge in [0.1, 0.15) is 0 Å².